The van der Waals surface area contributed by atoms with Gasteiger partial charge in [-0.1, -0.05) is 38.3 Å². The molecule has 0 saturated heterocycles. The molecule has 0 bridgehead atoms. The summed E-state index contributed by atoms with van der Waals surface area (Å²) in [7, 11) is 0. The van der Waals surface area contributed by atoms with Gasteiger partial charge in [0.1, 0.15) is 5.82 Å². The monoisotopic (exact) mass is 483 g/mol. The normalized spacial score (nSPS) is 17.8. The van der Waals surface area contributed by atoms with Crippen molar-refractivity contribution in [2.75, 3.05) is 11.9 Å². The fraction of sp³-hybridized carbons (Fsp3) is 0.545. The van der Waals surface area contributed by atoms with Gasteiger partial charge < -0.3 is 22.1 Å². The average molecular weight is 484 g/mol. The first-order valence-electron chi connectivity index (χ1n) is 10.8. The summed E-state index contributed by atoms with van der Waals surface area (Å²) in [6.07, 6.45) is 4.95. The zero-order valence-electron chi connectivity index (χ0n) is 18.9. The number of carbonyl (C=O) groups excluding carboxylic acids is 1. The fourth-order valence-corrected chi connectivity index (χ4v) is 3.81. The van der Waals surface area contributed by atoms with E-state index in [1.54, 1.807) is 0 Å². The number of guanidine groups is 1. The van der Waals surface area contributed by atoms with Gasteiger partial charge in [-0.15, -0.1) is 24.8 Å². The van der Waals surface area contributed by atoms with Crippen LogP contribution in [0.25, 0.3) is 10.9 Å². The van der Waals surface area contributed by atoms with Gasteiger partial charge in [-0.2, -0.15) is 0 Å². The Morgan fingerprint density at radius 2 is 1.91 bits per heavy atom. The molecule has 0 unspecified atom stereocenters. The van der Waals surface area contributed by atoms with Crippen molar-refractivity contribution in [1.29, 1.82) is 0 Å². The number of benzene rings is 1. The van der Waals surface area contributed by atoms with Crippen molar-refractivity contribution < 1.29 is 4.79 Å². The van der Waals surface area contributed by atoms with Crippen LogP contribution in [0.1, 0.15) is 62.1 Å². The lowest BCUT2D eigenvalue weighted by molar-refractivity contribution is 0.0942. The molecule has 2 atom stereocenters. The number of hydrogen-bond donors (Lipinski definition) is 4. The molecule has 2 aromatic rings. The molecule has 1 aromatic carbocycles. The van der Waals surface area contributed by atoms with E-state index in [-0.39, 0.29) is 54.6 Å². The standard InChI is InChI=1S/C22H33N7O.2ClH/c1-13(2)10-11-25-21(30)20-26-16-9-8-14(3)12-15(16)19(29-20)27-17-6-4-5-7-18(17)28-22(23)24;;/h8-9,12-13,17-18H,4-7,10-11H2,1-3H3,(H,25,30)(H4,23,24,28)(H,26,27,29);2*1H/t17-,18+;;/m0../s1. The molecule has 0 aliphatic heterocycles. The van der Waals surface area contributed by atoms with E-state index in [9.17, 15) is 4.79 Å². The van der Waals surface area contributed by atoms with Gasteiger partial charge in [0.05, 0.1) is 17.6 Å². The van der Waals surface area contributed by atoms with Gasteiger partial charge >= 0.3 is 0 Å². The minimum atomic E-state index is -0.259. The Labute approximate surface area is 202 Å². The van der Waals surface area contributed by atoms with E-state index in [1.165, 1.54) is 0 Å². The minimum absolute atomic E-state index is 0. The number of nitrogens with one attached hydrogen (secondary N) is 2. The number of amides is 1. The molecule has 1 aromatic heterocycles. The van der Waals surface area contributed by atoms with Gasteiger partial charge in [0.15, 0.2) is 5.96 Å². The Morgan fingerprint density at radius 1 is 1.19 bits per heavy atom. The van der Waals surface area contributed by atoms with Crippen LogP contribution in [0.4, 0.5) is 5.82 Å². The summed E-state index contributed by atoms with van der Waals surface area (Å²) in [5.74, 6) is 1.18. The van der Waals surface area contributed by atoms with Gasteiger partial charge in [-0.25, -0.2) is 15.0 Å². The number of aliphatic imine (C=N–C) groups is 1. The first-order valence-corrected chi connectivity index (χ1v) is 10.8. The van der Waals surface area contributed by atoms with Gasteiger partial charge in [-0.05, 0) is 44.2 Å². The third-order valence-electron chi connectivity index (χ3n) is 5.43. The smallest absolute Gasteiger partial charge is 0.289 e. The first kappa shape index (κ1) is 27.7. The summed E-state index contributed by atoms with van der Waals surface area (Å²) < 4.78 is 0. The summed E-state index contributed by atoms with van der Waals surface area (Å²) in [5.41, 5.74) is 13.1. The van der Waals surface area contributed by atoms with Crippen LogP contribution in [0, 0.1) is 12.8 Å². The Morgan fingerprint density at radius 3 is 2.59 bits per heavy atom. The van der Waals surface area contributed by atoms with Gasteiger partial charge in [0.2, 0.25) is 5.82 Å². The third kappa shape index (κ3) is 7.38. The van der Waals surface area contributed by atoms with E-state index in [1.807, 2.05) is 25.1 Å². The van der Waals surface area contributed by atoms with Crippen molar-refractivity contribution in [2.45, 2.75) is 65.0 Å². The van der Waals surface area contributed by atoms with E-state index >= 15 is 0 Å². The number of hydrogen-bond acceptors (Lipinski definition) is 5. The van der Waals surface area contributed by atoms with Gasteiger partial charge in [-0.3, -0.25) is 4.79 Å². The second-order valence-electron chi connectivity index (χ2n) is 8.51. The number of aromatic nitrogens is 2. The van der Waals surface area contributed by atoms with E-state index in [4.69, 9.17) is 11.5 Å². The molecule has 1 saturated carbocycles. The molecule has 1 heterocycles. The highest BCUT2D eigenvalue weighted by molar-refractivity contribution is 5.96. The molecule has 0 spiro atoms. The molecule has 10 heteroatoms. The van der Waals surface area contributed by atoms with Crippen molar-refractivity contribution in [3.8, 4) is 0 Å². The Bertz CT molecular complexity index is 932. The van der Waals surface area contributed by atoms with Crippen LogP contribution >= 0.6 is 24.8 Å². The Hall–Kier alpha value is -2.32. The minimum Gasteiger partial charge on any atom is -0.370 e. The molecule has 1 aliphatic carbocycles. The number of nitrogens with zero attached hydrogens (tertiary/aromatic N) is 3. The lowest BCUT2D eigenvalue weighted by atomic mass is 9.90. The summed E-state index contributed by atoms with van der Waals surface area (Å²) in [6.45, 7) is 6.88. The molecular formula is C22H35Cl2N7O. The van der Waals surface area contributed by atoms with E-state index in [2.05, 4.69) is 39.4 Å². The summed E-state index contributed by atoms with van der Waals surface area (Å²) in [4.78, 5) is 26.2. The molecule has 1 amide bonds. The van der Waals surface area contributed by atoms with E-state index in [0.29, 0.717) is 18.3 Å². The predicted octanol–water partition coefficient (Wildman–Crippen LogP) is 3.55. The summed E-state index contributed by atoms with van der Waals surface area (Å²) >= 11 is 0. The molecule has 1 fully saturated rings. The maximum absolute atomic E-state index is 12.7. The van der Waals surface area contributed by atoms with Crippen molar-refractivity contribution in [2.24, 2.45) is 22.4 Å². The zero-order valence-corrected chi connectivity index (χ0v) is 20.6. The molecular weight excluding hydrogens is 449 g/mol. The van der Waals surface area contributed by atoms with Crippen LogP contribution in [-0.4, -0.2) is 40.5 Å². The number of aryl methyl sites for hydroxylation is 1. The Kier molecular flexibility index (Phi) is 11.0. The third-order valence-corrected chi connectivity index (χ3v) is 5.43. The van der Waals surface area contributed by atoms with E-state index < -0.39 is 0 Å². The van der Waals surface area contributed by atoms with Crippen molar-refractivity contribution in [1.82, 2.24) is 15.3 Å². The first-order chi connectivity index (χ1) is 14.3. The number of halogens is 2. The van der Waals surface area contributed by atoms with Crippen molar-refractivity contribution in [3.63, 3.8) is 0 Å². The van der Waals surface area contributed by atoms with Crippen LogP contribution in [0.5, 0.6) is 0 Å². The van der Waals surface area contributed by atoms with Crippen molar-refractivity contribution in [3.05, 3.63) is 29.6 Å². The highest BCUT2D eigenvalue weighted by atomic mass is 35.5. The maximum Gasteiger partial charge on any atom is 0.289 e. The lowest BCUT2D eigenvalue weighted by Gasteiger charge is -2.30. The molecule has 3 rings (SSSR count). The quantitative estimate of drug-likeness (QED) is 0.351. The van der Waals surface area contributed by atoms with Gasteiger partial charge in [0, 0.05) is 11.9 Å². The molecule has 0 radical (unpaired) electrons. The predicted molar refractivity (Wildman–Crippen MR) is 136 cm³/mol. The van der Waals surface area contributed by atoms with E-state index in [0.717, 1.165) is 48.6 Å². The largest absolute Gasteiger partial charge is 0.370 e. The van der Waals surface area contributed by atoms with Gasteiger partial charge in [0.25, 0.3) is 5.91 Å². The molecule has 6 N–H and O–H groups in total. The van der Waals surface area contributed by atoms with Crippen LogP contribution in [0.2, 0.25) is 0 Å². The highest BCUT2D eigenvalue weighted by Gasteiger charge is 2.26. The number of anilines is 1. The second kappa shape index (κ2) is 12.6. The molecule has 1 aliphatic rings. The summed E-state index contributed by atoms with van der Waals surface area (Å²) in [5, 5.41) is 7.34. The fourth-order valence-electron chi connectivity index (χ4n) is 3.81. The Balaban J connectivity index is 0.00000256. The number of rotatable bonds is 7. The average Bonchev–Trinajstić information content (AvgIpc) is 2.69. The topological polar surface area (TPSA) is 131 Å². The molecule has 8 nitrogen and oxygen atoms in total. The number of carbonyl (C=O) groups is 1. The zero-order chi connectivity index (χ0) is 21.7. The maximum atomic E-state index is 12.7. The lowest BCUT2D eigenvalue weighted by Crippen LogP contribution is -2.38. The number of fused-ring (bicyclic) bond motifs is 1. The summed E-state index contributed by atoms with van der Waals surface area (Å²) in [6, 6.07) is 5.99. The SMILES string of the molecule is Cc1ccc2nc(C(=O)NCCC(C)C)nc(N[C@H]3CCCC[C@H]3N=C(N)N)c2c1.Cl.Cl. The molecule has 178 valence electrons. The van der Waals surface area contributed by atoms with Crippen LogP contribution in [-0.2, 0) is 0 Å². The van der Waals surface area contributed by atoms with Crippen LogP contribution < -0.4 is 22.1 Å². The number of nitrogens with two attached hydrogens (primary N) is 2. The second-order valence-corrected chi connectivity index (χ2v) is 8.51. The van der Waals surface area contributed by atoms with Crippen LogP contribution in [0.15, 0.2) is 23.2 Å². The molecule has 32 heavy (non-hydrogen) atoms. The highest BCUT2D eigenvalue weighted by Crippen LogP contribution is 2.28. The van der Waals surface area contributed by atoms with Crippen molar-refractivity contribution >= 4 is 53.4 Å². The van der Waals surface area contributed by atoms with Crippen LogP contribution in [0.3, 0.4) is 0 Å².